The van der Waals surface area contributed by atoms with Gasteiger partial charge in [0.2, 0.25) is 5.95 Å². The summed E-state index contributed by atoms with van der Waals surface area (Å²) in [7, 11) is 0. The Bertz CT molecular complexity index is 1540. The average Bonchev–Trinajstić information content (AvgIpc) is 3.52. The largest absolute Gasteiger partial charge is 0.432 e. The number of piperidine rings is 1. The van der Waals surface area contributed by atoms with E-state index in [0.29, 0.717) is 29.2 Å². The lowest BCUT2D eigenvalue weighted by atomic mass is 10.0. The highest BCUT2D eigenvalue weighted by molar-refractivity contribution is 5.79. The number of nitrogens with one attached hydrogen (secondary N) is 1. The molecule has 0 unspecified atom stereocenters. The molecule has 1 fully saturated rings. The molecule has 2 aromatic carbocycles. The van der Waals surface area contributed by atoms with Crippen LogP contribution >= 0.6 is 0 Å². The molecule has 9 heteroatoms. The summed E-state index contributed by atoms with van der Waals surface area (Å²) in [6.45, 7) is 6.75. The van der Waals surface area contributed by atoms with E-state index in [1.807, 2.05) is 10.5 Å². The third kappa shape index (κ3) is 5.33. The molecule has 4 heterocycles. The molecular weight excluding hydrogens is 483 g/mol. The summed E-state index contributed by atoms with van der Waals surface area (Å²) >= 11 is 0. The van der Waals surface area contributed by atoms with Crippen LogP contribution in [0.25, 0.3) is 28.5 Å². The molecule has 0 atom stereocenters. The molecular formula is C29H27FN6O2. The molecule has 1 N–H and O–H groups in total. The summed E-state index contributed by atoms with van der Waals surface area (Å²) in [5, 5.41) is 3.52. The molecule has 0 saturated carbocycles. The van der Waals surface area contributed by atoms with Crippen LogP contribution in [0.2, 0.25) is 0 Å². The predicted octanol–water partition coefficient (Wildman–Crippen LogP) is 5.58. The highest BCUT2D eigenvalue weighted by Crippen LogP contribution is 2.32. The van der Waals surface area contributed by atoms with Crippen LogP contribution in [0.5, 0.6) is 0 Å². The van der Waals surface area contributed by atoms with E-state index in [-0.39, 0.29) is 5.82 Å². The van der Waals surface area contributed by atoms with Crippen LogP contribution in [0.15, 0.2) is 84.3 Å². The number of anilines is 2. The Morgan fingerprint density at radius 2 is 1.76 bits per heavy atom. The normalized spacial score (nSPS) is 13.6. The number of rotatable bonds is 5. The van der Waals surface area contributed by atoms with Gasteiger partial charge in [0.15, 0.2) is 0 Å². The molecule has 8 nitrogen and oxygen atoms in total. The van der Waals surface area contributed by atoms with Gasteiger partial charge in [0.25, 0.3) is 0 Å². The molecule has 0 spiro atoms. The summed E-state index contributed by atoms with van der Waals surface area (Å²) < 4.78 is 20.9. The van der Waals surface area contributed by atoms with Gasteiger partial charge in [-0.25, -0.2) is 19.2 Å². The second-order valence-electron chi connectivity index (χ2n) is 9.02. The second kappa shape index (κ2) is 11.1. The third-order valence-electron chi connectivity index (χ3n) is 6.51. The maximum atomic E-state index is 13.5. The number of hydrogen-bond acceptors (Lipinski definition) is 7. The Balaban J connectivity index is 0.000000937. The highest BCUT2D eigenvalue weighted by Gasteiger charge is 2.22. The lowest BCUT2D eigenvalue weighted by Gasteiger charge is -2.34. The van der Waals surface area contributed by atoms with Crippen molar-refractivity contribution in [2.75, 3.05) is 23.3 Å². The van der Waals surface area contributed by atoms with Crippen molar-refractivity contribution in [2.45, 2.75) is 25.8 Å². The van der Waals surface area contributed by atoms with Gasteiger partial charge in [0.1, 0.15) is 29.4 Å². The number of oxazole rings is 1. The van der Waals surface area contributed by atoms with E-state index in [9.17, 15) is 4.39 Å². The topological polar surface area (TPSA) is 88.6 Å². The fourth-order valence-corrected chi connectivity index (χ4v) is 4.62. The smallest absolute Gasteiger partial charge is 0.306 e. The Morgan fingerprint density at radius 1 is 1.05 bits per heavy atom. The van der Waals surface area contributed by atoms with Gasteiger partial charge in [-0.3, -0.25) is 4.40 Å². The number of aromatic nitrogens is 4. The minimum atomic E-state index is -0.292. The molecule has 1 saturated heterocycles. The highest BCUT2D eigenvalue weighted by atomic mass is 19.1. The van der Waals surface area contributed by atoms with Gasteiger partial charge in [0.05, 0.1) is 5.69 Å². The monoisotopic (exact) mass is 510 g/mol. The van der Waals surface area contributed by atoms with E-state index in [1.54, 1.807) is 30.8 Å². The van der Waals surface area contributed by atoms with Crippen molar-refractivity contribution in [3.05, 3.63) is 91.2 Å². The number of hydrogen-bond donors (Lipinski definition) is 1. The maximum Gasteiger partial charge on any atom is 0.306 e. The fraction of sp³-hybridized carbons (Fsp3) is 0.207. The summed E-state index contributed by atoms with van der Waals surface area (Å²) in [6, 6.07) is 17.1. The number of fused-ring (bicyclic) bond motifs is 1. The number of benzene rings is 2. The third-order valence-corrected chi connectivity index (χ3v) is 6.51. The number of imidazole rings is 1. The van der Waals surface area contributed by atoms with E-state index in [1.165, 1.54) is 29.3 Å². The van der Waals surface area contributed by atoms with Crippen molar-refractivity contribution >= 4 is 23.4 Å². The molecule has 0 radical (unpaired) electrons. The van der Waals surface area contributed by atoms with E-state index < -0.39 is 0 Å². The fourth-order valence-electron chi connectivity index (χ4n) is 4.62. The average molecular weight is 511 g/mol. The SMILES string of the molecule is C=C=O.Cc1ccc(N2CCC(Nc3nccc(-c4c(-c5ccc(F)cc5)nc5occn45)n3)CC2)cc1. The van der Waals surface area contributed by atoms with Crippen molar-refractivity contribution < 1.29 is 13.6 Å². The van der Waals surface area contributed by atoms with Crippen LogP contribution in [-0.4, -0.2) is 44.4 Å². The molecule has 0 aliphatic carbocycles. The van der Waals surface area contributed by atoms with Gasteiger partial charge in [0, 0.05) is 42.8 Å². The van der Waals surface area contributed by atoms with E-state index >= 15 is 0 Å². The molecule has 5 aromatic rings. The first-order chi connectivity index (χ1) is 18.6. The Hall–Kier alpha value is -4.75. The summed E-state index contributed by atoms with van der Waals surface area (Å²) in [5.41, 5.74) is 5.51. The summed E-state index contributed by atoms with van der Waals surface area (Å²) in [5.74, 6) is 2.00. The summed E-state index contributed by atoms with van der Waals surface area (Å²) in [6.07, 6.45) is 7.14. The van der Waals surface area contributed by atoms with Crippen LogP contribution < -0.4 is 10.2 Å². The Labute approximate surface area is 219 Å². The van der Waals surface area contributed by atoms with Gasteiger partial charge in [-0.15, -0.1) is 0 Å². The van der Waals surface area contributed by atoms with Gasteiger partial charge in [-0.1, -0.05) is 17.7 Å². The van der Waals surface area contributed by atoms with Gasteiger partial charge < -0.3 is 14.6 Å². The molecule has 3 aromatic heterocycles. The van der Waals surface area contributed by atoms with Gasteiger partial charge in [-0.2, -0.15) is 4.98 Å². The second-order valence-corrected chi connectivity index (χ2v) is 9.02. The zero-order chi connectivity index (χ0) is 26.5. The Morgan fingerprint density at radius 3 is 2.47 bits per heavy atom. The van der Waals surface area contributed by atoms with E-state index in [4.69, 9.17) is 14.2 Å². The van der Waals surface area contributed by atoms with Crippen LogP contribution in [0.4, 0.5) is 16.0 Å². The lowest BCUT2D eigenvalue weighted by Crippen LogP contribution is -2.39. The molecule has 38 heavy (non-hydrogen) atoms. The molecule has 1 aliphatic rings. The first-order valence-corrected chi connectivity index (χ1v) is 12.3. The number of aryl methyl sites for hydroxylation is 1. The summed E-state index contributed by atoms with van der Waals surface area (Å²) in [4.78, 5) is 24.9. The van der Waals surface area contributed by atoms with Gasteiger partial charge >= 0.3 is 5.84 Å². The Kier molecular flexibility index (Phi) is 7.28. The predicted molar refractivity (Wildman–Crippen MR) is 145 cm³/mol. The first kappa shape index (κ1) is 24.9. The van der Waals surface area contributed by atoms with E-state index in [0.717, 1.165) is 37.2 Å². The quantitative estimate of drug-likeness (QED) is 0.309. The zero-order valence-electron chi connectivity index (χ0n) is 21.0. The van der Waals surface area contributed by atoms with Crippen molar-refractivity contribution in [1.82, 2.24) is 19.4 Å². The van der Waals surface area contributed by atoms with Crippen LogP contribution in [0.3, 0.4) is 0 Å². The van der Waals surface area contributed by atoms with Crippen molar-refractivity contribution in [2.24, 2.45) is 0 Å². The van der Waals surface area contributed by atoms with Gasteiger partial charge in [-0.05, 0) is 68.8 Å². The first-order valence-electron chi connectivity index (χ1n) is 12.3. The molecule has 1 aliphatic heterocycles. The lowest BCUT2D eigenvalue weighted by molar-refractivity contribution is 0.524. The van der Waals surface area contributed by atoms with Crippen LogP contribution in [0, 0.1) is 12.7 Å². The standard InChI is InChI=1S/C27H25FN6O.C2H2O/c1-18-2-8-22(9-3-18)33-14-11-21(12-15-33)30-26-29-13-10-23(31-26)25-24(19-4-6-20(28)7-5-19)32-27-34(25)16-17-35-27;1-2-3/h2-10,13,16-17,21H,11-12,14-15H2,1H3,(H,29,30,31);1H2. The molecule has 6 rings (SSSR count). The van der Waals surface area contributed by atoms with Crippen molar-refractivity contribution in [3.8, 4) is 22.6 Å². The molecule has 192 valence electrons. The van der Waals surface area contributed by atoms with Crippen molar-refractivity contribution in [3.63, 3.8) is 0 Å². The minimum absolute atomic E-state index is 0.292. The number of halogens is 1. The number of carbonyl (C=O) groups excluding carboxylic acids is 1. The van der Waals surface area contributed by atoms with Crippen LogP contribution in [-0.2, 0) is 4.79 Å². The molecule has 0 amide bonds. The minimum Gasteiger partial charge on any atom is -0.432 e. The zero-order valence-corrected chi connectivity index (χ0v) is 21.0. The maximum absolute atomic E-state index is 13.5. The van der Waals surface area contributed by atoms with Crippen LogP contribution in [0.1, 0.15) is 18.4 Å². The van der Waals surface area contributed by atoms with E-state index in [2.05, 4.69) is 58.0 Å². The molecule has 0 bridgehead atoms. The van der Waals surface area contributed by atoms with Crippen molar-refractivity contribution in [1.29, 1.82) is 0 Å². The number of nitrogens with zero attached hydrogens (tertiary/aromatic N) is 5.